The summed E-state index contributed by atoms with van der Waals surface area (Å²) in [7, 11) is 2.20. The van der Waals surface area contributed by atoms with Gasteiger partial charge in [0.25, 0.3) is 0 Å². The van der Waals surface area contributed by atoms with Crippen molar-refractivity contribution < 1.29 is 4.74 Å². The first kappa shape index (κ1) is 21.7. The van der Waals surface area contributed by atoms with Crippen LogP contribution in [0.2, 0.25) is 0 Å². The van der Waals surface area contributed by atoms with Gasteiger partial charge in [-0.3, -0.25) is 9.89 Å². The first-order chi connectivity index (χ1) is 13.1. The smallest absolute Gasteiger partial charge is 0.193 e. The maximum Gasteiger partial charge on any atom is 0.193 e. The van der Waals surface area contributed by atoms with Crippen molar-refractivity contribution in [1.82, 2.24) is 15.1 Å². The summed E-state index contributed by atoms with van der Waals surface area (Å²) in [6.07, 6.45) is 3.66. The molecule has 2 rings (SSSR count). The third-order valence-electron chi connectivity index (χ3n) is 5.31. The number of guanidine groups is 1. The molecule has 1 aromatic rings. The maximum atomic E-state index is 5.77. The van der Waals surface area contributed by atoms with Gasteiger partial charge in [-0.2, -0.15) is 0 Å². The number of nitrogens with one attached hydrogen (secondary N) is 1. The highest BCUT2D eigenvalue weighted by Gasteiger charge is 2.21. The van der Waals surface area contributed by atoms with E-state index >= 15 is 0 Å². The fourth-order valence-electron chi connectivity index (χ4n) is 3.50. The van der Waals surface area contributed by atoms with Crippen LogP contribution in [0.1, 0.15) is 45.6 Å². The minimum atomic E-state index is 0.417. The van der Waals surface area contributed by atoms with Gasteiger partial charge in [-0.05, 0) is 52.6 Å². The minimum absolute atomic E-state index is 0.417. The Balaban J connectivity index is 1.80. The summed E-state index contributed by atoms with van der Waals surface area (Å²) in [5.41, 5.74) is 1.36. The van der Waals surface area contributed by atoms with Gasteiger partial charge in [0.05, 0.1) is 6.10 Å². The lowest BCUT2D eigenvalue weighted by molar-refractivity contribution is 0.0263. The Labute approximate surface area is 165 Å². The Morgan fingerprint density at radius 2 is 1.96 bits per heavy atom. The molecule has 5 nitrogen and oxygen atoms in total. The number of rotatable bonds is 9. The molecule has 27 heavy (non-hydrogen) atoms. The second-order valence-electron chi connectivity index (χ2n) is 7.42. The molecule has 1 aromatic carbocycles. The van der Waals surface area contributed by atoms with E-state index in [4.69, 9.17) is 9.73 Å². The van der Waals surface area contributed by atoms with E-state index < -0.39 is 0 Å². The molecule has 0 aliphatic carbocycles. The lowest BCUT2D eigenvalue weighted by Crippen LogP contribution is -2.47. The highest BCUT2D eigenvalue weighted by molar-refractivity contribution is 5.80. The van der Waals surface area contributed by atoms with Crippen molar-refractivity contribution in [1.29, 1.82) is 0 Å². The van der Waals surface area contributed by atoms with Gasteiger partial charge in [0, 0.05) is 45.4 Å². The molecule has 0 radical (unpaired) electrons. The average molecular weight is 375 g/mol. The number of likely N-dealkylation sites (tertiary alicyclic amines) is 1. The largest absolute Gasteiger partial charge is 0.378 e. The molecule has 152 valence electrons. The van der Waals surface area contributed by atoms with Gasteiger partial charge in [0.15, 0.2) is 5.96 Å². The molecule has 1 heterocycles. The van der Waals surface area contributed by atoms with E-state index in [1.807, 2.05) is 0 Å². The fourth-order valence-corrected chi connectivity index (χ4v) is 3.50. The lowest BCUT2D eigenvalue weighted by Gasteiger charge is -2.34. The number of ether oxygens (including phenoxy) is 1. The highest BCUT2D eigenvalue weighted by atomic mass is 16.5. The number of benzene rings is 1. The topological polar surface area (TPSA) is 40.1 Å². The fraction of sp³-hybridized carbons (Fsp3) is 0.682. The van der Waals surface area contributed by atoms with Crippen molar-refractivity contribution in [3.05, 3.63) is 35.9 Å². The molecular weight excluding hydrogens is 336 g/mol. The summed E-state index contributed by atoms with van der Waals surface area (Å²) in [6.45, 7) is 12.1. The van der Waals surface area contributed by atoms with Crippen molar-refractivity contribution >= 4 is 5.96 Å². The van der Waals surface area contributed by atoms with Crippen molar-refractivity contribution in [3.8, 4) is 0 Å². The molecular formula is C22H38N4O. The summed E-state index contributed by atoms with van der Waals surface area (Å²) in [4.78, 5) is 9.70. The molecule has 1 atom stereocenters. The van der Waals surface area contributed by atoms with Crippen LogP contribution in [-0.4, -0.2) is 67.7 Å². The normalized spacial score (nSPS) is 17.4. The van der Waals surface area contributed by atoms with Gasteiger partial charge in [-0.25, -0.2) is 0 Å². The van der Waals surface area contributed by atoms with E-state index in [1.54, 1.807) is 0 Å². The van der Waals surface area contributed by atoms with Crippen LogP contribution in [0.4, 0.5) is 0 Å². The maximum absolute atomic E-state index is 5.77. The molecule has 1 aliphatic heterocycles. The SMILES string of the molecule is CCNC(=NCCC(C)N(C)Cc1ccccc1)N1CCC(OCC)CC1. The Kier molecular flexibility index (Phi) is 9.64. The van der Waals surface area contributed by atoms with Gasteiger partial charge in [0.1, 0.15) is 0 Å². The summed E-state index contributed by atoms with van der Waals surface area (Å²) < 4.78 is 5.77. The quantitative estimate of drug-likeness (QED) is 0.531. The second-order valence-corrected chi connectivity index (χ2v) is 7.42. The van der Waals surface area contributed by atoms with E-state index in [9.17, 15) is 0 Å². The molecule has 1 saturated heterocycles. The van der Waals surface area contributed by atoms with Gasteiger partial charge < -0.3 is 15.0 Å². The molecule has 1 aliphatic rings. The number of aliphatic imine (C=N–C) groups is 1. The molecule has 5 heteroatoms. The van der Waals surface area contributed by atoms with Crippen LogP contribution in [0.25, 0.3) is 0 Å². The number of hydrogen-bond donors (Lipinski definition) is 1. The number of hydrogen-bond acceptors (Lipinski definition) is 3. The third kappa shape index (κ3) is 7.51. The zero-order valence-corrected chi connectivity index (χ0v) is 17.7. The minimum Gasteiger partial charge on any atom is -0.378 e. The van der Waals surface area contributed by atoms with Crippen molar-refractivity contribution in [2.45, 2.75) is 58.7 Å². The van der Waals surface area contributed by atoms with Crippen LogP contribution >= 0.6 is 0 Å². The molecule has 0 aromatic heterocycles. The average Bonchev–Trinajstić information content (AvgIpc) is 2.69. The van der Waals surface area contributed by atoms with Crippen LogP contribution in [0.3, 0.4) is 0 Å². The molecule has 0 spiro atoms. The van der Waals surface area contributed by atoms with E-state index in [2.05, 4.69) is 73.3 Å². The molecule has 0 saturated carbocycles. The first-order valence-electron chi connectivity index (χ1n) is 10.5. The van der Waals surface area contributed by atoms with Crippen LogP contribution in [-0.2, 0) is 11.3 Å². The van der Waals surface area contributed by atoms with Crippen LogP contribution in [0, 0.1) is 0 Å². The van der Waals surface area contributed by atoms with Crippen LogP contribution in [0.5, 0.6) is 0 Å². The van der Waals surface area contributed by atoms with Gasteiger partial charge >= 0.3 is 0 Å². The van der Waals surface area contributed by atoms with E-state index in [0.717, 1.165) is 64.6 Å². The predicted molar refractivity (Wildman–Crippen MR) is 114 cm³/mol. The van der Waals surface area contributed by atoms with Crippen molar-refractivity contribution in [2.24, 2.45) is 4.99 Å². The highest BCUT2D eigenvalue weighted by Crippen LogP contribution is 2.14. The Hall–Kier alpha value is -1.59. The van der Waals surface area contributed by atoms with Gasteiger partial charge in [0.2, 0.25) is 0 Å². The Morgan fingerprint density at radius 1 is 1.26 bits per heavy atom. The predicted octanol–water partition coefficient (Wildman–Crippen LogP) is 3.36. The lowest BCUT2D eigenvalue weighted by atomic mass is 10.1. The summed E-state index contributed by atoms with van der Waals surface area (Å²) in [5, 5.41) is 3.46. The zero-order valence-electron chi connectivity index (χ0n) is 17.7. The number of nitrogens with zero attached hydrogens (tertiary/aromatic N) is 3. The molecule has 1 unspecified atom stereocenters. The van der Waals surface area contributed by atoms with E-state index in [0.29, 0.717) is 12.1 Å². The number of piperidine rings is 1. The molecule has 0 amide bonds. The molecule has 1 N–H and O–H groups in total. The Bertz CT molecular complexity index is 541. The summed E-state index contributed by atoms with van der Waals surface area (Å²) in [6, 6.07) is 11.2. The van der Waals surface area contributed by atoms with E-state index in [-0.39, 0.29) is 0 Å². The summed E-state index contributed by atoms with van der Waals surface area (Å²) in [5.74, 6) is 1.06. The van der Waals surface area contributed by atoms with Crippen molar-refractivity contribution in [3.63, 3.8) is 0 Å². The second kappa shape index (κ2) is 12.0. The van der Waals surface area contributed by atoms with Crippen LogP contribution in [0.15, 0.2) is 35.3 Å². The van der Waals surface area contributed by atoms with Crippen molar-refractivity contribution in [2.75, 3.05) is 39.8 Å². The molecule has 0 bridgehead atoms. The molecule has 1 fully saturated rings. The first-order valence-corrected chi connectivity index (χ1v) is 10.5. The van der Waals surface area contributed by atoms with Crippen LogP contribution < -0.4 is 5.32 Å². The Morgan fingerprint density at radius 3 is 2.59 bits per heavy atom. The summed E-state index contributed by atoms with van der Waals surface area (Å²) >= 11 is 0. The van der Waals surface area contributed by atoms with Gasteiger partial charge in [-0.1, -0.05) is 30.3 Å². The standard InChI is InChI=1S/C22H38N4O/c1-5-23-22(26-16-13-21(14-17-26)27-6-2)24-15-12-19(3)25(4)18-20-10-8-7-9-11-20/h7-11,19,21H,5-6,12-18H2,1-4H3,(H,23,24). The van der Waals surface area contributed by atoms with E-state index in [1.165, 1.54) is 5.56 Å². The van der Waals surface area contributed by atoms with Gasteiger partial charge in [-0.15, -0.1) is 0 Å². The third-order valence-corrected chi connectivity index (χ3v) is 5.31. The monoisotopic (exact) mass is 374 g/mol. The zero-order chi connectivity index (χ0) is 19.5.